The van der Waals surface area contributed by atoms with Gasteiger partial charge in [-0.3, -0.25) is 9.59 Å². The van der Waals surface area contributed by atoms with Crippen LogP contribution in [0.15, 0.2) is 29.4 Å². The molecule has 3 amide bonds. The van der Waals surface area contributed by atoms with Gasteiger partial charge in [0, 0.05) is 18.8 Å². The van der Waals surface area contributed by atoms with Gasteiger partial charge in [-0.1, -0.05) is 12.1 Å². The molecular weight excluding hydrogens is 386 g/mol. The predicted octanol–water partition coefficient (Wildman–Crippen LogP) is 1.15. The van der Waals surface area contributed by atoms with E-state index in [0.29, 0.717) is 13.0 Å². The number of anilines is 1. The van der Waals surface area contributed by atoms with Crippen LogP contribution in [0, 0.1) is 0 Å². The lowest BCUT2D eigenvalue weighted by Crippen LogP contribution is -2.46. The van der Waals surface area contributed by atoms with Gasteiger partial charge in [0.05, 0.1) is 18.7 Å². The highest BCUT2D eigenvalue weighted by molar-refractivity contribution is 6.01. The van der Waals surface area contributed by atoms with Crippen molar-refractivity contribution >= 4 is 42.2 Å². The maximum Gasteiger partial charge on any atom is 0.315 e. The molecule has 10 heteroatoms. The van der Waals surface area contributed by atoms with Crippen LogP contribution in [0.5, 0.6) is 0 Å². The third-order valence-electron chi connectivity index (χ3n) is 3.92. The Bertz CT molecular complexity index is 708. The molecule has 4 N–H and O–H groups in total. The average Bonchev–Trinajstić information content (AvgIpc) is 2.96. The van der Waals surface area contributed by atoms with Crippen LogP contribution >= 0.6 is 12.4 Å². The molecule has 28 heavy (non-hydrogen) atoms. The minimum atomic E-state index is -0.599. The molecule has 2 rings (SSSR count). The van der Waals surface area contributed by atoms with Crippen LogP contribution in [-0.4, -0.2) is 49.4 Å². The number of carbonyl (C=O) groups excluding carboxylic acids is 3. The fourth-order valence-electron chi connectivity index (χ4n) is 2.71. The minimum Gasteiger partial charge on any atom is -0.463 e. The molecule has 1 aromatic carbocycles. The van der Waals surface area contributed by atoms with E-state index in [4.69, 9.17) is 10.6 Å². The van der Waals surface area contributed by atoms with Crippen molar-refractivity contribution in [1.82, 2.24) is 10.6 Å². The summed E-state index contributed by atoms with van der Waals surface area (Å²) < 4.78 is 4.98. The number of ether oxygens (including phenoxy) is 1. The van der Waals surface area contributed by atoms with E-state index in [1.54, 1.807) is 30.9 Å². The number of esters is 1. The molecule has 0 radical (unpaired) electrons. The zero-order valence-corrected chi connectivity index (χ0v) is 16.7. The van der Waals surface area contributed by atoms with E-state index in [1.165, 1.54) is 6.21 Å². The van der Waals surface area contributed by atoms with E-state index in [2.05, 4.69) is 15.7 Å². The summed E-state index contributed by atoms with van der Waals surface area (Å²) in [4.78, 5) is 37.5. The predicted molar refractivity (Wildman–Crippen MR) is 109 cm³/mol. The lowest BCUT2D eigenvalue weighted by Gasteiger charge is -2.17. The molecule has 1 saturated heterocycles. The van der Waals surface area contributed by atoms with Crippen LogP contribution < -0.4 is 21.4 Å². The van der Waals surface area contributed by atoms with E-state index in [0.717, 1.165) is 11.3 Å². The highest BCUT2D eigenvalue weighted by atomic mass is 35.5. The van der Waals surface area contributed by atoms with E-state index in [9.17, 15) is 14.4 Å². The third kappa shape index (κ3) is 6.73. The number of rotatable bonds is 7. The largest absolute Gasteiger partial charge is 0.463 e. The molecule has 0 spiro atoms. The number of benzene rings is 1. The van der Waals surface area contributed by atoms with E-state index >= 15 is 0 Å². The highest BCUT2D eigenvalue weighted by Crippen LogP contribution is 2.21. The number of nitrogens with one attached hydrogen (secondary N) is 2. The average molecular weight is 412 g/mol. The summed E-state index contributed by atoms with van der Waals surface area (Å²) in [5, 5.41) is 8.66. The first-order valence-electron chi connectivity index (χ1n) is 8.79. The zero-order valence-electron chi connectivity index (χ0n) is 15.9. The zero-order chi connectivity index (χ0) is 19.8. The van der Waals surface area contributed by atoms with Crippen LogP contribution in [0.2, 0.25) is 0 Å². The number of hydrogen-bond acceptors (Lipinski definition) is 6. The van der Waals surface area contributed by atoms with Crippen molar-refractivity contribution < 1.29 is 19.1 Å². The van der Waals surface area contributed by atoms with Crippen LogP contribution in [0.25, 0.3) is 0 Å². The summed E-state index contributed by atoms with van der Waals surface area (Å²) in [5.74, 6) is 4.56. The fourth-order valence-corrected chi connectivity index (χ4v) is 2.71. The van der Waals surface area contributed by atoms with Gasteiger partial charge in [-0.2, -0.15) is 5.10 Å². The topological polar surface area (TPSA) is 126 Å². The van der Waals surface area contributed by atoms with Gasteiger partial charge in [-0.25, -0.2) is 4.79 Å². The molecule has 9 nitrogen and oxygen atoms in total. The van der Waals surface area contributed by atoms with Gasteiger partial charge in [0.15, 0.2) is 0 Å². The number of amides is 3. The smallest absolute Gasteiger partial charge is 0.315 e. The molecule has 0 aliphatic carbocycles. The minimum absolute atomic E-state index is 0. The van der Waals surface area contributed by atoms with Gasteiger partial charge >= 0.3 is 12.0 Å². The maximum absolute atomic E-state index is 12.5. The van der Waals surface area contributed by atoms with Crippen LogP contribution in [-0.2, 0) is 14.3 Å². The van der Waals surface area contributed by atoms with Crippen LogP contribution in [0.1, 0.15) is 32.3 Å². The molecule has 0 unspecified atom stereocenters. The molecule has 0 saturated carbocycles. The Morgan fingerprint density at radius 3 is 2.64 bits per heavy atom. The summed E-state index contributed by atoms with van der Waals surface area (Å²) >= 11 is 0. The third-order valence-corrected chi connectivity index (χ3v) is 3.92. The SMILES string of the molecule is CC(C)OC(=O)CCNC(=O)N[C@H]1CCN(c2ccc(C=NN)cc2)C1=O.Cl. The van der Waals surface area contributed by atoms with Gasteiger partial charge in [0.1, 0.15) is 6.04 Å². The van der Waals surface area contributed by atoms with Crippen molar-refractivity contribution in [1.29, 1.82) is 0 Å². The summed E-state index contributed by atoms with van der Waals surface area (Å²) in [6.45, 7) is 4.17. The van der Waals surface area contributed by atoms with Crippen molar-refractivity contribution in [2.75, 3.05) is 18.0 Å². The van der Waals surface area contributed by atoms with Crippen molar-refractivity contribution in [2.45, 2.75) is 38.8 Å². The van der Waals surface area contributed by atoms with Gasteiger partial charge < -0.3 is 26.1 Å². The fraction of sp³-hybridized carbons (Fsp3) is 0.444. The molecule has 1 aliphatic heterocycles. The Morgan fingerprint density at radius 2 is 2.04 bits per heavy atom. The number of carbonyl (C=O) groups is 3. The quantitative estimate of drug-likeness (QED) is 0.268. The highest BCUT2D eigenvalue weighted by Gasteiger charge is 2.33. The Morgan fingerprint density at radius 1 is 1.36 bits per heavy atom. The molecule has 1 aromatic rings. The summed E-state index contributed by atoms with van der Waals surface area (Å²) in [5.41, 5.74) is 1.58. The van der Waals surface area contributed by atoms with E-state index < -0.39 is 12.1 Å². The van der Waals surface area contributed by atoms with Crippen molar-refractivity contribution in [2.24, 2.45) is 10.9 Å². The first kappa shape index (κ1) is 23.2. The number of nitrogens with two attached hydrogens (primary N) is 1. The van der Waals surface area contributed by atoms with Gasteiger partial charge in [0.2, 0.25) is 5.91 Å². The summed E-state index contributed by atoms with van der Waals surface area (Å²) in [6.07, 6.45) is 1.91. The lowest BCUT2D eigenvalue weighted by molar-refractivity contribution is -0.147. The first-order valence-corrected chi connectivity index (χ1v) is 8.79. The van der Waals surface area contributed by atoms with Crippen molar-refractivity contribution in [3.63, 3.8) is 0 Å². The van der Waals surface area contributed by atoms with E-state index in [-0.39, 0.29) is 43.4 Å². The maximum atomic E-state index is 12.5. The normalized spacial score (nSPS) is 16.2. The Hall–Kier alpha value is -2.81. The van der Waals surface area contributed by atoms with Gasteiger partial charge in [-0.15, -0.1) is 12.4 Å². The van der Waals surface area contributed by atoms with Crippen LogP contribution in [0.3, 0.4) is 0 Å². The van der Waals surface area contributed by atoms with Gasteiger partial charge in [0.25, 0.3) is 0 Å². The van der Waals surface area contributed by atoms with Crippen molar-refractivity contribution in [3.05, 3.63) is 29.8 Å². The number of halogens is 1. The molecule has 1 fully saturated rings. The number of hydrazone groups is 1. The molecular formula is C18H26ClN5O4. The standard InChI is InChI=1S/C18H25N5O4.ClH/c1-12(2)27-16(24)7-9-20-18(26)22-15-8-10-23(17(15)25)14-5-3-13(4-6-14)11-21-19;/h3-6,11-12,15H,7-10,19H2,1-2H3,(H2,20,22,26);1H/t15-;/m0./s1. The summed E-state index contributed by atoms with van der Waals surface area (Å²) in [6, 6.07) is 6.14. The second-order valence-corrected chi connectivity index (χ2v) is 6.39. The number of urea groups is 1. The Balaban J connectivity index is 0.00000392. The second kappa shape index (κ2) is 11.1. The molecule has 154 valence electrons. The molecule has 0 bridgehead atoms. The molecule has 0 aromatic heterocycles. The number of nitrogens with zero attached hydrogens (tertiary/aromatic N) is 2. The monoisotopic (exact) mass is 411 g/mol. The van der Waals surface area contributed by atoms with Gasteiger partial charge in [-0.05, 0) is 38.0 Å². The van der Waals surface area contributed by atoms with E-state index in [1.807, 2.05) is 12.1 Å². The molecule has 1 heterocycles. The lowest BCUT2D eigenvalue weighted by atomic mass is 10.2. The first-order chi connectivity index (χ1) is 12.9. The molecule has 1 aliphatic rings. The second-order valence-electron chi connectivity index (χ2n) is 6.39. The molecule has 1 atom stereocenters. The van der Waals surface area contributed by atoms with Crippen LogP contribution in [0.4, 0.5) is 10.5 Å². The summed E-state index contributed by atoms with van der Waals surface area (Å²) in [7, 11) is 0. The Kier molecular flexibility index (Phi) is 9.23. The number of hydrogen-bond donors (Lipinski definition) is 3. The van der Waals surface area contributed by atoms with Crippen molar-refractivity contribution in [3.8, 4) is 0 Å². The Labute approximate surface area is 170 Å².